The van der Waals surface area contributed by atoms with Crippen molar-refractivity contribution < 1.29 is 17.6 Å². The Labute approximate surface area is 199 Å². The molecule has 9 heteroatoms. The number of hydrogen-bond acceptors (Lipinski definition) is 6. The average molecular weight is 481 g/mol. The van der Waals surface area contributed by atoms with Crippen molar-refractivity contribution in [3.8, 4) is 0 Å². The summed E-state index contributed by atoms with van der Waals surface area (Å²) in [4.78, 5) is 19.3. The van der Waals surface area contributed by atoms with Gasteiger partial charge in [0.05, 0.1) is 17.7 Å². The number of rotatable bonds is 9. The van der Waals surface area contributed by atoms with Crippen LogP contribution in [0.3, 0.4) is 0 Å². The first-order chi connectivity index (χ1) is 16.5. The number of carbonyl (C=O) groups excluding carboxylic acids is 1. The fourth-order valence-electron chi connectivity index (χ4n) is 3.79. The van der Waals surface area contributed by atoms with Gasteiger partial charge in [0, 0.05) is 37.5 Å². The zero-order valence-corrected chi connectivity index (χ0v) is 19.6. The van der Waals surface area contributed by atoms with Gasteiger partial charge in [0.25, 0.3) is 0 Å². The van der Waals surface area contributed by atoms with E-state index in [0.29, 0.717) is 12.3 Å². The van der Waals surface area contributed by atoms with Gasteiger partial charge in [0.2, 0.25) is 15.9 Å². The molecule has 0 bridgehead atoms. The summed E-state index contributed by atoms with van der Waals surface area (Å²) in [5, 5.41) is 2.91. The summed E-state index contributed by atoms with van der Waals surface area (Å²) < 4.78 is 32.5. The van der Waals surface area contributed by atoms with Crippen molar-refractivity contribution in [3.63, 3.8) is 0 Å². The third-order valence-corrected chi connectivity index (χ3v) is 7.03. The molecule has 1 aliphatic heterocycles. The summed E-state index contributed by atoms with van der Waals surface area (Å²) in [5.74, 6) is 1.23. The molecular weight excluding hydrogens is 452 g/mol. The molecule has 8 nitrogen and oxygen atoms in total. The summed E-state index contributed by atoms with van der Waals surface area (Å²) in [6, 6.07) is 13.6. The second kappa shape index (κ2) is 11.1. The van der Waals surface area contributed by atoms with E-state index >= 15 is 0 Å². The van der Waals surface area contributed by atoms with Crippen LogP contribution in [-0.2, 0) is 27.9 Å². The molecule has 2 N–H and O–H groups in total. The molecule has 2 aromatic heterocycles. The van der Waals surface area contributed by atoms with Crippen molar-refractivity contribution in [2.45, 2.75) is 37.2 Å². The van der Waals surface area contributed by atoms with Crippen molar-refractivity contribution in [2.24, 2.45) is 0 Å². The number of benzene rings is 1. The Kier molecular flexibility index (Phi) is 7.76. The monoisotopic (exact) mass is 480 g/mol. The molecule has 1 saturated heterocycles. The highest BCUT2D eigenvalue weighted by Gasteiger charge is 2.16. The summed E-state index contributed by atoms with van der Waals surface area (Å²) in [6.07, 6.45) is 9.92. The van der Waals surface area contributed by atoms with Gasteiger partial charge in [-0.2, -0.15) is 0 Å². The smallest absolute Gasteiger partial charge is 0.244 e. The highest BCUT2D eigenvalue weighted by molar-refractivity contribution is 7.89. The first-order valence-electron chi connectivity index (χ1n) is 11.3. The Morgan fingerprint density at radius 2 is 1.82 bits per heavy atom. The lowest BCUT2D eigenvalue weighted by Gasteiger charge is -2.29. The quantitative estimate of drug-likeness (QED) is 0.455. The van der Waals surface area contributed by atoms with E-state index in [9.17, 15) is 13.2 Å². The third kappa shape index (κ3) is 6.33. The number of anilines is 1. The number of sulfonamides is 1. The minimum atomic E-state index is -3.66. The lowest BCUT2D eigenvalue weighted by atomic mass is 10.1. The fraction of sp³-hybridized carbons (Fsp3) is 0.280. The van der Waals surface area contributed by atoms with Gasteiger partial charge in [0.15, 0.2) is 0 Å². The molecule has 1 amide bonds. The standard InChI is InChI=1S/C25H28N4O4S/c30-24(27-18-21-6-4-14-26-25(21)29-15-2-1-3-16-29)13-10-20-8-11-23(12-9-20)34(31,32)28-19-22-7-5-17-33-22/h4-14,17,28H,1-3,15-16,18-19H2,(H,27,30)/b13-10+. The van der Waals surface area contributed by atoms with Crippen molar-refractivity contribution in [2.75, 3.05) is 18.0 Å². The first kappa shape index (κ1) is 23.7. The molecule has 0 radical (unpaired) electrons. The summed E-state index contributed by atoms with van der Waals surface area (Å²) >= 11 is 0. The van der Waals surface area contributed by atoms with Gasteiger partial charge in [0.1, 0.15) is 11.6 Å². The molecule has 0 unspecified atom stereocenters. The zero-order chi connectivity index (χ0) is 23.8. The van der Waals surface area contributed by atoms with Crippen LogP contribution in [-0.4, -0.2) is 32.4 Å². The van der Waals surface area contributed by atoms with E-state index in [1.807, 2.05) is 12.1 Å². The summed E-state index contributed by atoms with van der Waals surface area (Å²) in [5.41, 5.74) is 1.71. The van der Waals surface area contributed by atoms with E-state index in [1.165, 1.54) is 30.9 Å². The number of amides is 1. The number of aromatic nitrogens is 1. The van der Waals surface area contributed by atoms with Crippen molar-refractivity contribution in [3.05, 3.63) is 84.0 Å². The van der Waals surface area contributed by atoms with Gasteiger partial charge >= 0.3 is 0 Å². The highest BCUT2D eigenvalue weighted by Crippen LogP contribution is 2.21. The van der Waals surface area contributed by atoms with Crippen LogP contribution in [0.4, 0.5) is 5.82 Å². The Bertz CT molecular complexity index is 1220. The molecule has 178 valence electrons. The van der Waals surface area contributed by atoms with E-state index in [4.69, 9.17) is 4.42 Å². The molecule has 0 atom stereocenters. The van der Waals surface area contributed by atoms with Crippen LogP contribution >= 0.6 is 0 Å². The van der Waals surface area contributed by atoms with E-state index in [-0.39, 0.29) is 17.3 Å². The Hall–Kier alpha value is -3.43. The van der Waals surface area contributed by atoms with Crippen LogP contribution in [0.1, 0.15) is 36.1 Å². The average Bonchev–Trinajstić information content (AvgIpc) is 3.40. The molecule has 0 saturated carbocycles. The SMILES string of the molecule is O=C(/C=C/c1ccc(S(=O)(=O)NCc2ccco2)cc1)NCc1cccnc1N1CCCCC1. The van der Waals surface area contributed by atoms with Gasteiger partial charge in [-0.1, -0.05) is 18.2 Å². The number of nitrogens with one attached hydrogen (secondary N) is 2. The molecule has 0 spiro atoms. The molecule has 1 aliphatic rings. The zero-order valence-electron chi connectivity index (χ0n) is 18.8. The number of carbonyl (C=O) groups is 1. The molecule has 1 aromatic carbocycles. The normalized spacial score (nSPS) is 14.4. The van der Waals surface area contributed by atoms with E-state index in [0.717, 1.165) is 42.9 Å². The van der Waals surface area contributed by atoms with Crippen LogP contribution < -0.4 is 14.9 Å². The largest absolute Gasteiger partial charge is 0.468 e. The van der Waals surface area contributed by atoms with Gasteiger partial charge in [-0.3, -0.25) is 4.79 Å². The van der Waals surface area contributed by atoms with E-state index < -0.39 is 10.0 Å². The fourth-order valence-corrected chi connectivity index (χ4v) is 4.79. The first-order valence-corrected chi connectivity index (χ1v) is 12.8. The van der Waals surface area contributed by atoms with Gasteiger partial charge in [-0.05, 0) is 61.2 Å². The molecule has 3 heterocycles. The molecular formula is C25H28N4O4S. The second-order valence-electron chi connectivity index (χ2n) is 8.06. The maximum absolute atomic E-state index is 12.4. The van der Waals surface area contributed by atoms with Crippen molar-refractivity contribution in [1.82, 2.24) is 15.0 Å². The summed E-state index contributed by atoms with van der Waals surface area (Å²) in [6.45, 7) is 2.44. The predicted octanol–water partition coefficient (Wildman–Crippen LogP) is 3.47. The maximum atomic E-state index is 12.4. The van der Waals surface area contributed by atoms with Crippen LogP contribution in [0.2, 0.25) is 0 Å². The highest BCUT2D eigenvalue weighted by atomic mass is 32.2. The van der Waals surface area contributed by atoms with Crippen LogP contribution in [0.15, 0.2) is 76.4 Å². The number of hydrogen-bond donors (Lipinski definition) is 2. The van der Waals surface area contributed by atoms with Crippen LogP contribution in [0, 0.1) is 0 Å². The van der Waals surface area contributed by atoms with Gasteiger partial charge < -0.3 is 14.6 Å². The summed E-state index contributed by atoms with van der Waals surface area (Å²) in [7, 11) is -3.66. The minimum Gasteiger partial charge on any atom is -0.468 e. The molecule has 3 aromatic rings. The number of pyridine rings is 1. The van der Waals surface area contributed by atoms with Crippen molar-refractivity contribution >= 4 is 27.8 Å². The molecule has 34 heavy (non-hydrogen) atoms. The molecule has 4 rings (SSSR count). The number of furan rings is 1. The third-order valence-electron chi connectivity index (χ3n) is 5.61. The predicted molar refractivity (Wildman–Crippen MR) is 130 cm³/mol. The van der Waals surface area contributed by atoms with Crippen molar-refractivity contribution in [1.29, 1.82) is 0 Å². The lowest BCUT2D eigenvalue weighted by Crippen LogP contribution is -2.32. The molecule has 0 aliphatic carbocycles. The van der Waals surface area contributed by atoms with Gasteiger partial charge in [-0.15, -0.1) is 0 Å². The van der Waals surface area contributed by atoms with E-state index in [2.05, 4.69) is 19.9 Å². The Balaban J connectivity index is 1.31. The maximum Gasteiger partial charge on any atom is 0.244 e. The van der Waals surface area contributed by atoms with Crippen LogP contribution in [0.25, 0.3) is 6.08 Å². The van der Waals surface area contributed by atoms with E-state index in [1.54, 1.807) is 36.5 Å². The minimum absolute atomic E-state index is 0.0770. The van der Waals surface area contributed by atoms with Gasteiger partial charge in [-0.25, -0.2) is 18.1 Å². The number of nitrogens with zero attached hydrogens (tertiary/aromatic N) is 2. The molecule has 1 fully saturated rings. The topological polar surface area (TPSA) is 105 Å². The Morgan fingerprint density at radius 1 is 1.03 bits per heavy atom. The number of piperidine rings is 1. The van der Waals surface area contributed by atoms with Crippen LogP contribution in [0.5, 0.6) is 0 Å². The lowest BCUT2D eigenvalue weighted by molar-refractivity contribution is -0.116. The Morgan fingerprint density at radius 3 is 2.56 bits per heavy atom. The second-order valence-corrected chi connectivity index (χ2v) is 9.82.